The van der Waals surface area contributed by atoms with Gasteiger partial charge in [-0.1, -0.05) is 90.4 Å². The van der Waals surface area contributed by atoms with Crippen molar-refractivity contribution in [3.8, 4) is 0 Å². The molecule has 1 N–H and O–H groups in total. The zero-order valence-corrected chi connectivity index (χ0v) is 14.2. The molecular formula is C18H39NO. The molecule has 0 rings (SSSR count). The van der Waals surface area contributed by atoms with E-state index in [9.17, 15) is 0 Å². The monoisotopic (exact) mass is 285 g/mol. The van der Waals surface area contributed by atoms with Gasteiger partial charge >= 0.3 is 0 Å². The molecule has 2 heteroatoms. The van der Waals surface area contributed by atoms with E-state index in [1.165, 1.54) is 89.9 Å². The molecule has 122 valence electrons. The highest BCUT2D eigenvalue weighted by Gasteiger charge is 1.94. The van der Waals surface area contributed by atoms with Crippen LogP contribution in [0.2, 0.25) is 0 Å². The highest BCUT2D eigenvalue weighted by atomic mass is 16.6. The third-order valence-electron chi connectivity index (χ3n) is 3.88. The van der Waals surface area contributed by atoms with E-state index < -0.39 is 0 Å². The molecule has 0 aliphatic rings. The summed E-state index contributed by atoms with van der Waals surface area (Å²) in [5.74, 6) is 0. The van der Waals surface area contributed by atoms with Gasteiger partial charge in [0, 0.05) is 6.54 Å². The molecule has 0 aromatic rings. The zero-order valence-electron chi connectivity index (χ0n) is 14.2. The highest BCUT2D eigenvalue weighted by Crippen LogP contribution is 2.12. The van der Waals surface area contributed by atoms with Gasteiger partial charge in [-0.2, -0.15) is 0 Å². The lowest BCUT2D eigenvalue weighted by molar-refractivity contribution is 0.0500. The number of rotatable bonds is 17. The van der Waals surface area contributed by atoms with Crippen molar-refractivity contribution < 1.29 is 4.84 Å². The second-order valence-electron chi connectivity index (χ2n) is 5.92. The summed E-state index contributed by atoms with van der Waals surface area (Å²) in [7, 11) is 0. The molecule has 0 aliphatic carbocycles. The third kappa shape index (κ3) is 17.9. The summed E-state index contributed by atoms with van der Waals surface area (Å²) in [5.41, 5.74) is 2.98. The van der Waals surface area contributed by atoms with Crippen molar-refractivity contribution >= 4 is 0 Å². The first kappa shape index (κ1) is 19.9. The molecule has 20 heavy (non-hydrogen) atoms. The number of hydrogen-bond acceptors (Lipinski definition) is 2. The quantitative estimate of drug-likeness (QED) is 0.261. The molecule has 0 fully saturated rings. The van der Waals surface area contributed by atoms with Gasteiger partial charge in [-0.15, -0.1) is 0 Å². The van der Waals surface area contributed by atoms with Crippen molar-refractivity contribution in [1.29, 1.82) is 0 Å². The summed E-state index contributed by atoms with van der Waals surface area (Å²) in [4.78, 5) is 5.10. The number of unbranched alkanes of at least 4 members (excludes halogenated alkanes) is 13. The second-order valence-corrected chi connectivity index (χ2v) is 5.92. The fraction of sp³-hybridized carbons (Fsp3) is 1.00. The van der Waals surface area contributed by atoms with Gasteiger partial charge in [-0.05, 0) is 13.3 Å². The Morgan fingerprint density at radius 2 is 0.950 bits per heavy atom. The molecule has 0 bridgehead atoms. The van der Waals surface area contributed by atoms with E-state index in [1.807, 2.05) is 6.92 Å². The first-order valence-electron chi connectivity index (χ1n) is 9.26. The van der Waals surface area contributed by atoms with Gasteiger partial charge in [0.25, 0.3) is 0 Å². The Balaban J connectivity index is 2.89. The van der Waals surface area contributed by atoms with E-state index in [0.717, 1.165) is 13.2 Å². The molecule has 0 heterocycles. The molecule has 0 aromatic carbocycles. The molecule has 0 aliphatic heterocycles. The van der Waals surface area contributed by atoms with Crippen molar-refractivity contribution in [3.63, 3.8) is 0 Å². The van der Waals surface area contributed by atoms with Crippen molar-refractivity contribution in [3.05, 3.63) is 0 Å². The van der Waals surface area contributed by atoms with Crippen molar-refractivity contribution in [2.75, 3.05) is 13.2 Å². The fourth-order valence-corrected chi connectivity index (χ4v) is 2.57. The standard InChI is InChI=1S/C18H39NO/c1-3-5-6-7-8-9-10-11-12-13-14-15-16-17-18-19-20-4-2/h19H,3-18H2,1-2H3. The van der Waals surface area contributed by atoms with Crippen LogP contribution in [0.15, 0.2) is 0 Å². The smallest absolute Gasteiger partial charge is 0.0653 e. The van der Waals surface area contributed by atoms with Crippen LogP contribution in [0.25, 0.3) is 0 Å². The van der Waals surface area contributed by atoms with E-state index in [2.05, 4.69) is 12.4 Å². The van der Waals surface area contributed by atoms with Crippen LogP contribution in [-0.2, 0) is 4.84 Å². The summed E-state index contributed by atoms with van der Waals surface area (Å²) < 4.78 is 0. The van der Waals surface area contributed by atoms with Crippen LogP contribution in [0.5, 0.6) is 0 Å². The molecule has 0 spiro atoms. The van der Waals surface area contributed by atoms with Gasteiger partial charge in [-0.3, -0.25) is 0 Å². The van der Waals surface area contributed by atoms with E-state index in [-0.39, 0.29) is 0 Å². The van der Waals surface area contributed by atoms with Gasteiger partial charge in [0.1, 0.15) is 0 Å². The first-order chi connectivity index (χ1) is 9.91. The predicted octanol–water partition coefficient (Wildman–Crippen LogP) is 6.01. The lowest BCUT2D eigenvalue weighted by Gasteiger charge is -2.04. The lowest BCUT2D eigenvalue weighted by Crippen LogP contribution is -2.15. The molecule has 0 saturated carbocycles. The maximum Gasteiger partial charge on any atom is 0.0653 e. The zero-order chi connectivity index (χ0) is 14.7. The van der Waals surface area contributed by atoms with Gasteiger partial charge in [0.2, 0.25) is 0 Å². The van der Waals surface area contributed by atoms with Crippen molar-refractivity contribution in [1.82, 2.24) is 5.48 Å². The Hall–Kier alpha value is -0.0800. The van der Waals surface area contributed by atoms with Gasteiger partial charge in [0.05, 0.1) is 6.61 Å². The molecule has 2 nitrogen and oxygen atoms in total. The third-order valence-corrected chi connectivity index (χ3v) is 3.88. The maximum absolute atomic E-state index is 5.10. The van der Waals surface area contributed by atoms with Crippen LogP contribution >= 0.6 is 0 Å². The average molecular weight is 286 g/mol. The minimum atomic E-state index is 0.763. The van der Waals surface area contributed by atoms with Crippen LogP contribution in [0, 0.1) is 0 Å². The molecule has 0 amide bonds. The number of hydroxylamine groups is 1. The number of hydrogen-bond donors (Lipinski definition) is 1. The first-order valence-corrected chi connectivity index (χ1v) is 9.26. The molecule has 0 unspecified atom stereocenters. The summed E-state index contributed by atoms with van der Waals surface area (Å²) in [5, 5.41) is 0. The van der Waals surface area contributed by atoms with E-state index in [4.69, 9.17) is 4.84 Å². The van der Waals surface area contributed by atoms with Crippen molar-refractivity contribution in [2.45, 2.75) is 104 Å². The van der Waals surface area contributed by atoms with E-state index in [0.29, 0.717) is 0 Å². The summed E-state index contributed by atoms with van der Waals surface area (Å²) in [6, 6.07) is 0. The van der Waals surface area contributed by atoms with Crippen LogP contribution in [0.4, 0.5) is 0 Å². The molecule has 0 radical (unpaired) electrons. The lowest BCUT2D eigenvalue weighted by atomic mass is 10.0. The number of nitrogens with one attached hydrogen (secondary N) is 1. The Morgan fingerprint density at radius 1 is 0.550 bits per heavy atom. The molecular weight excluding hydrogens is 246 g/mol. The van der Waals surface area contributed by atoms with Gasteiger partial charge < -0.3 is 4.84 Å². The van der Waals surface area contributed by atoms with Crippen LogP contribution in [-0.4, -0.2) is 13.2 Å². The Bertz CT molecular complexity index is 143. The summed E-state index contributed by atoms with van der Waals surface area (Å²) in [6.07, 6.45) is 19.9. The predicted molar refractivity (Wildman–Crippen MR) is 89.9 cm³/mol. The molecule has 0 atom stereocenters. The van der Waals surface area contributed by atoms with E-state index >= 15 is 0 Å². The minimum absolute atomic E-state index is 0.763. The Kier molecular flexibility index (Phi) is 18.8. The average Bonchev–Trinajstić information content (AvgIpc) is 2.47. The molecule has 0 saturated heterocycles. The van der Waals surface area contributed by atoms with Gasteiger partial charge in [-0.25, -0.2) is 5.48 Å². The summed E-state index contributed by atoms with van der Waals surface area (Å²) in [6.45, 7) is 6.07. The maximum atomic E-state index is 5.10. The SMILES string of the molecule is CCCCCCCCCCCCCCCCNOCC. The largest absolute Gasteiger partial charge is 0.302 e. The Labute approximate surface area is 128 Å². The van der Waals surface area contributed by atoms with Crippen LogP contribution in [0.1, 0.15) is 104 Å². The van der Waals surface area contributed by atoms with Crippen LogP contribution < -0.4 is 5.48 Å². The van der Waals surface area contributed by atoms with Gasteiger partial charge in [0.15, 0.2) is 0 Å². The van der Waals surface area contributed by atoms with E-state index in [1.54, 1.807) is 0 Å². The fourth-order valence-electron chi connectivity index (χ4n) is 2.57. The van der Waals surface area contributed by atoms with Crippen LogP contribution in [0.3, 0.4) is 0 Å². The highest BCUT2D eigenvalue weighted by molar-refractivity contribution is 4.49. The second kappa shape index (κ2) is 18.9. The topological polar surface area (TPSA) is 21.3 Å². The van der Waals surface area contributed by atoms with Crippen molar-refractivity contribution in [2.24, 2.45) is 0 Å². The normalized spacial score (nSPS) is 11.1. The molecule has 0 aromatic heterocycles. The minimum Gasteiger partial charge on any atom is -0.302 e. The Morgan fingerprint density at radius 3 is 1.35 bits per heavy atom. The summed E-state index contributed by atoms with van der Waals surface area (Å²) >= 11 is 0.